The third-order valence-corrected chi connectivity index (χ3v) is 5.50. The summed E-state index contributed by atoms with van der Waals surface area (Å²) < 4.78 is 0. The Bertz CT molecular complexity index is 476. The van der Waals surface area contributed by atoms with Crippen LogP contribution in [0.2, 0.25) is 0 Å². The summed E-state index contributed by atoms with van der Waals surface area (Å²) in [6.45, 7) is 4.09. The van der Waals surface area contributed by atoms with Crippen LogP contribution in [0, 0.1) is 17.3 Å². The minimum atomic E-state index is -0.622. The molecule has 104 valence electrons. The Morgan fingerprint density at radius 2 is 2.05 bits per heavy atom. The predicted molar refractivity (Wildman–Crippen MR) is 72.4 cm³/mol. The van der Waals surface area contributed by atoms with Gasteiger partial charge in [-0.2, -0.15) is 0 Å². The highest BCUT2D eigenvalue weighted by Gasteiger charge is 2.49. The van der Waals surface area contributed by atoms with Crippen LogP contribution in [-0.4, -0.2) is 28.2 Å². The molecule has 3 heteroatoms. The van der Waals surface area contributed by atoms with Gasteiger partial charge in [-0.25, -0.2) is 0 Å². The molecule has 3 aliphatic rings. The molecule has 0 aromatic rings. The summed E-state index contributed by atoms with van der Waals surface area (Å²) in [6, 6.07) is 0. The third-order valence-electron chi connectivity index (χ3n) is 5.50. The summed E-state index contributed by atoms with van der Waals surface area (Å²) in [4.78, 5) is 11.8. The zero-order chi connectivity index (χ0) is 13.8. The van der Waals surface area contributed by atoms with Gasteiger partial charge < -0.3 is 10.2 Å². The van der Waals surface area contributed by atoms with E-state index in [0.29, 0.717) is 31.1 Å². The lowest BCUT2D eigenvalue weighted by Gasteiger charge is -2.51. The van der Waals surface area contributed by atoms with E-state index in [9.17, 15) is 15.0 Å². The lowest BCUT2D eigenvalue weighted by Crippen LogP contribution is -2.49. The van der Waals surface area contributed by atoms with Gasteiger partial charge in [0.25, 0.3) is 0 Å². The fourth-order valence-corrected chi connectivity index (χ4v) is 4.26. The lowest BCUT2D eigenvalue weighted by molar-refractivity contribution is -0.117. The molecule has 0 aromatic heterocycles. The van der Waals surface area contributed by atoms with Crippen molar-refractivity contribution in [2.75, 3.05) is 0 Å². The molecule has 0 spiro atoms. The van der Waals surface area contributed by atoms with Gasteiger partial charge >= 0.3 is 0 Å². The van der Waals surface area contributed by atoms with Gasteiger partial charge in [0.05, 0.1) is 12.2 Å². The van der Waals surface area contributed by atoms with E-state index in [2.05, 4.69) is 19.1 Å². The molecule has 5 atom stereocenters. The molecule has 0 aromatic carbocycles. The molecule has 1 saturated carbocycles. The number of allylic oxidation sites excluding steroid dienone is 4. The van der Waals surface area contributed by atoms with Crippen LogP contribution in [0.25, 0.3) is 0 Å². The SMILES string of the molecule is CC1=C2C=C[C@@]3(C)C[C@@H](O)[C@H](O)C[C@@H]3[C@@H]2CCC1=O. The molecule has 3 rings (SSSR count). The number of Topliss-reactive ketones (excluding diaryl/α,β-unsaturated/α-hetero) is 1. The van der Waals surface area contributed by atoms with Crippen molar-refractivity contribution in [2.24, 2.45) is 17.3 Å². The normalized spacial score (nSPS) is 46.0. The second-order valence-electron chi connectivity index (χ2n) is 6.67. The smallest absolute Gasteiger partial charge is 0.158 e. The molecule has 2 N–H and O–H groups in total. The van der Waals surface area contributed by atoms with Crippen LogP contribution in [0.4, 0.5) is 0 Å². The zero-order valence-electron chi connectivity index (χ0n) is 11.6. The number of rotatable bonds is 0. The first-order chi connectivity index (χ1) is 8.92. The molecule has 0 radical (unpaired) electrons. The first-order valence-corrected chi connectivity index (χ1v) is 7.22. The van der Waals surface area contributed by atoms with Crippen molar-refractivity contribution < 1.29 is 15.0 Å². The van der Waals surface area contributed by atoms with Crippen LogP contribution in [-0.2, 0) is 4.79 Å². The highest BCUT2D eigenvalue weighted by Crippen LogP contribution is 2.53. The van der Waals surface area contributed by atoms with Gasteiger partial charge in [0.2, 0.25) is 0 Å². The predicted octanol–water partition coefficient (Wildman–Crippen LogP) is 1.99. The van der Waals surface area contributed by atoms with E-state index in [1.54, 1.807) is 0 Å². The summed E-state index contributed by atoms with van der Waals surface area (Å²) in [5.74, 6) is 0.972. The Hall–Kier alpha value is -0.930. The maximum atomic E-state index is 11.8. The molecule has 0 aliphatic heterocycles. The van der Waals surface area contributed by atoms with Crippen molar-refractivity contribution in [2.45, 2.75) is 51.7 Å². The van der Waals surface area contributed by atoms with Crippen molar-refractivity contribution in [3.8, 4) is 0 Å². The van der Waals surface area contributed by atoms with Crippen molar-refractivity contribution in [1.29, 1.82) is 0 Å². The Balaban J connectivity index is 2.03. The Labute approximate surface area is 114 Å². The Morgan fingerprint density at radius 3 is 2.79 bits per heavy atom. The number of carbonyl (C=O) groups excluding carboxylic acids is 1. The summed E-state index contributed by atoms with van der Waals surface area (Å²) in [6.07, 6.45) is 5.77. The van der Waals surface area contributed by atoms with E-state index in [-0.39, 0.29) is 11.2 Å². The fraction of sp³-hybridized carbons (Fsp3) is 0.688. The highest BCUT2D eigenvalue weighted by atomic mass is 16.3. The van der Waals surface area contributed by atoms with E-state index >= 15 is 0 Å². The maximum absolute atomic E-state index is 11.8. The maximum Gasteiger partial charge on any atom is 0.158 e. The molecule has 0 heterocycles. The summed E-state index contributed by atoms with van der Waals surface area (Å²) in [7, 11) is 0. The number of hydrogen-bond donors (Lipinski definition) is 2. The standard InChI is InChI=1S/C16H22O3/c1-9-10-5-6-16(2)8-15(19)14(18)7-12(16)11(10)3-4-13(9)17/h5-6,11-12,14-15,18-19H,3-4,7-8H2,1-2H3/t11-,12-,14-,15-,16+/m1/s1. The van der Waals surface area contributed by atoms with E-state index < -0.39 is 12.2 Å². The Kier molecular flexibility index (Phi) is 2.95. The number of hydrogen-bond acceptors (Lipinski definition) is 3. The summed E-state index contributed by atoms with van der Waals surface area (Å²) >= 11 is 0. The van der Waals surface area contributed by atoms with Gasteiger partial charge in [-0.1, -0.05) is 19.1 Å². The molecule has 0 bridgehead atoms. The summed E-state index contributed by atoms with van der Waals surface area (Å²) in [5, 5.41) is 19.9. The zero-order valence-corrected chi connectivity index (χ0v) is 11.6. The number of carbonyl (C=O) groups is 1. The molecule has 19 heavy (non-hydrogen) atoms. The van der Waals surface area contributed by atoms with Crippen LogP contribution >= 0.6 is 0 Å². The largest absolute Gasteiger partial charge is 0.390 e. The van der Waals surface area contributed by atoms with Crippen LogP contribution in [0.1, 0.15) is 39.5 Å². The van der Waals surface area contributed by atoms with Crippen LogP contribution in [0.5, 0.6) is 0 Å². The molecule has 0 unspecified atom stereocenters. The minimum Gasteiger partial charge on any atom is -0.390 e. The second-order valence-corrected chi connectivity index (χ2v) is 6.67. The first kappa shape index (κ1) is 13.1. The minimum absolute atomic E-state index is 0.0481. The van der Waals surface area contributed by atoms with Crippen molar-refractivity contribution in [1.82, 2.24) is 0 Å². The van der Waals surface area contributed by atoms with Crippen LogP contribution in [0.3, 0.4) is 0 Å². The van der Waals surface area contributed by atoms with Gasteiger partial charge in [-0.05, 0) is 54.6 Å². The van der Waals surface area contributed by atoms with Crippen molar-refractivity contribution >= 4 is 5.78 Å². The molecule has 1 fully saturated rings. The van der Waals surface area contributed by atoms with Gasteiger partial charge in [0.15, 0.2) is 5.78 Å². The van der Waals surface area contributed by atoms with E-state index in [0.717, 1.165) is 12.0 Å². The van der Waals surface area contributed by atoms with E-state index in [4.69, 9.17) is 0 Å². The molecule has 0 amide bonds. The van der Waals surface area contributed by atoms with E-state index in [1.807, 2.05) is 6.92 Å². The lowest BCUT2D eigenvalue weighted by atomic mass is 9.55. The van der Waals surface area contributed by atoms with Crippen LogP contribution in [0.15, 0.2) is 23.3 Å². The summed E-state index contributed by atoms with van der Waals surface area (Å²) in [5.41, 5.74) is 2.02. The average Bonchev–Trinajstić information content (AvgIpc) is 2.36. The third kappa shape index (κ3) is 1.91. The molecular formula is C16H22O3. The van der Waals surface area contributed by atoms with Gasteiger partial charge in [-0.3, -0.25) is 4.79 Å². The van der Waals surface area contributed by atoms with Gasteiger partial charge in [0.1, 0.15) is 0 Å². The molecule has 3 nitrogen and oxygen atoms in total. The van der Waals surface area contributed by atoms with Crippen LogP contribution < -0.4 is 0 Å². The Morgan fingerprint density at radius 1 is 1.32 bits per heavy atom. The fourth-order valence-electron chi connectivity index (χ4n) is 4.26. The number of aliphatic hydroxyl groups excluding tert-OH is 2. The molecular weight excluding hydrogens is 240 g/mol. The van der Waals surface area contributed by atoms with Crippen molar-refractivity contribution in [3.63, 3.8) is 0 Å². The average molecular weight is 262 g/mol. The monoisotopic (exact) mass is 262 g/mol. The highest BCUT2D eigenvalue weighted by molar-refractivity contribution is 5.97. The quantitative estimate of drug-likeness (QED) is 0.702. The van der Waals surface area contributed by atoms with E-state index in [1.165, 1.54) is 5.57 Å². The number of ketones is 1. The topological polar surface area (TPSA) is 57.5 Å². The van der Waals surface area contributed by atoms with Crippen molar-refractivity contribution in [3.05, 3.63) is 23.3 Å². The molecule has 3 aliphatic carbocycles. The van der Waals surface area contributed by atoms with Gasteiger partial charge in [-0.15, -0.1) is 0 Å². The molecule has 0 saturated heterocycles. The second kappa shape index (κ2) is 4.29. The first-order valence-electron chi connectivity index (χ1n) is 7.22. The van der Waals surface area contributed by atoms with Gasteiger partial charge in [0, 0.05) is 6.42 Å². The number of fused-ring (bicyclic) bond motifs is 3. The number of aliphatic hydroxyl groups is 2.